The highest BCUT2D eigenvalue weighted by Gasteiger charge is 2.19. The van der Waals surface area contributed by atoms with Crippen LogP contribution in [0.15, 0.2) is 41.0 Å². The van der Waals surface area contributed by atoms with Crippen molar-refractivity contribution >= 4 is 34.2 Å². The van der Waals surface area contributed by atoms with Gasteiger partial charge >= 0.3 is 0 Å². The molecule has 1 aromatic carbocycles. The number of aromatic nitrogens is 2. The fourth-order valence-electron chi connectivity index (χ4n) is 3.21. The van der Waals surface area contributed by atoms with Crippen LogP contribution < -0.4 is 10.2 Å². The van der Waals surface area contributed by atoms with Gasteiger partial charge in [0.2, 0.25) is 5.91 Å². The number of amides is 1. The van der Waals surface area contributed by atoms with E-state index in [1.165, 1.54) is 0 Å². The molecule has 0 atom stereocenters. The molecule has 2 heterocycles. The van der Waals surface area contributed by atoms with Crippen LogP contribution in [-0.2, 0) is 4.79 Å². The molecule has 1 amide bonds. The lowest BCUT2D eigenvalue weighted by Gasteiger charge is -2.27. The van der Waals surface area contributed by atoms with Crippen molar-refractivity contribution in [2.45, 2.75) is 34.1 Å². The maximum atomic E-state index is 12.3. The average molecular weight is 429 g/mol. The zero-order valence-electron chi connectivity index (χ0n) is 18.0. The summed E-state index contributed by atoms with van der Waals surface area (Å²) in [5, 5.41) is 4.50. The minimum atomic E-state index is 0.0464. The normalized spacial score (nSPS) is 11.4. The topological polar surface area (TPSA) is 71.3 Å². The fourth-order valence-corrected chi connectivity index (χ4v) is 3.38. The Morgan fingerprint density at radius 1 is 1.17 bits per heavy atom. The van der Waals surface area contributed by atoms with E-state index in [1.54, 1.807) is 6.26 Å². The van der Waals surface area contributed by atoms with Crippen molar-refractivity contribution in [2.75, 3.05) is 24.5 Å². The second kappa shape index (κ2) is 9.94. The molecule has 0 aliphatic heterocycles. The summed E-state index contributed by atoms with van der Waals surface area (Å²) in [7, 11) is 0. The summed E-state index contributed by atoms with van der Waals surface area (Å²) >= 11 is 6.22. The molecule has 0 fully saturated rings. The summed E-state index contributed by atoms with van der Waals surface area (Å²) in [6.07, 6.45) is 2.00. The van der Waals surface area contributed by atoms with Gasteiger partial charge in [-0.25, -0.2) is 9.97 Å². The Bertz CT molecular complexity index is 986. The van der Waals surface area contributed by atoms with Gasteiger partial charge in [-0.15, -0.1) is 0 Å². The van der Waals surface area contributed by atoms with Crippen molar-refractivity contribution < 1.29 is 9.21 Å². The second-order valence-corrected chi connectivity index (χ2v) is 8.73. The van der Waals surface area contributed by atoms with Crippen LogP contribution in [-0.4, -0.2) is 35.5 Å². The molecule has 7 heteroatoms. The molecule has 0 bridgehead atoms. The number of benzene rings is 1. The van der Waals surface area contributed by atoms with Crippen LogP contribution in [0.5, 0.6) is 0 Å². The van der Waals surface area contributed by atoms with Crippen LogP contribution >= 0.6 is 11.6 Å². The molecule has 1 N–H and O–H groups in total. The van der Waals surface area contributed by atoms with Gasteiger partial charge in [0, 0.05) is 36.5 Å². The van der Waals surface area contributed by atoms with Crippen molar-refractivity contribution in [3.8, 4) is 11.6 Å². The Balaban J connectivity index is 1.96. The number of nitrogens with zero attached hydrogens (tertiary/aromatic N) is 3. The molecule has 0 aliphatic rings. The number of carbonyl (C=O) groups excluding carboxylic acids is 1. The number of hydrogen-bond donors (Lipinski definition) is 1. The van der Waals surface area contributed by atoms with Gasteiger partial charge in [-0.2, -0.15) is 0 Å². The molecule has 0 spiro atoms. The Kier molecular flexibility index (Phi) is 7.32. The molecule has 2 aromatic heterocycles. The minimum absolute atomic E-state index is 0.0464. The fraction of sp³-hybridized carbons (Fsp3) is 0.435. The third-order valence-electron chi connectivity index (χ3n) is 4.58. The summed E-state index contributed by atoms with van der Waals surface area (Å²) in [5.74, 6) is 2.75. The minimum Gasteiger partial charge on any atom is -0.461 e. The van der Waals surface area contributed by atoms with Crippen molar-refractivity contribution in [3.05, 3.63) is 41.6 Å². The Labute approximate surface area is 182 Å². The second-order valence-electron chi connectivity index (χ2n) is 8.30. The van der Waals surface area contributed by atoms with Crippen LogP contribution in [0, 0.1) is 11.8 Å². The monoisotopic (exact) mass is 428 g/mol. The average Bonchev–Trinajstić information content (AvgIpc) is 3.23. The lowest BCUT2D eigenvalue weighted by Crippen LogP contribution is -2.35. The van der Waals surface area contributed by atoms with E-state index in [0.717, 1.165) is 23.3 Å². The molecule has 0 unspecified atom stereocenters. The summed E-state index contributed by atoms with van der Waals surface area (Å²) < 4.78 is 5.53. The van der Waals surface area contributed by atoms with Gasteiger partial charge in [-0.3, -0.25) is 4.79 Å². The zero-order chi connectivity index (χ0) is 21.7. The Hall–Kier alpha value is -2.60. The lowest BCUT2D eigenvalue weighted by atomic mass is 10.1. The van der Waals surface area contributed by atoms with Gasteiger partial charge in [0.05, 0.1) is 11.8 Å². The van der Waals surface area contributed by atoms with E-state index in [1.807, 2.05) is 30.3 Å². The Morgan fingerprint density at radius 2 is 1.97 bits per heavy atom. The Morgan fingerprint density at radius 3 is 2.63 bits per heavy atom. The van der Waals surface area contributed by atoms with Crippen molar-refractivity contribution in [1.82, 2.24) is 15.3 Å². The first kappa shape index (κ1) is 22.1. The van der Waals surface area contributed by atoms with Gasteiger partial charge in [-0.05, 0) is 42.2 Å². The largest absolute Gasteiger partial charge is 0.461 e. The first-order valence-electron chi connectivity index (χ1n) is 10.4. The van der Waals surface area contributed by atoms with E-state index in [2.05, 4.69) is 42.9 Å². The van der Waals surface area contributed by atoms with E-state index < -0.39 is 0 Å². The number of hydrogen-bond acceptors (Lipinski definition) is 5. The number of halogens is 1. The maximum Gasteiger partial charge on any atom is 0.221 e. The lowest BCUT2D eigenvalue weighted by molar-refractivity contribution is -0.121. The van der Waals surface area contributed by atoms with E-state index in [4.69, 9.17) is 21.0 Å². The number of carbonyl (C=O) groups is 1. The van der Waals surface area contributed by atoms with E-state index in [-0.39, 0.29) is 5.91 Å². The van der Waals surface area contributed by atoms with Crippen LogP contribution in [0.25, 0.3) is 22.5 Å². The maximum absolute atomic E-state index is 12.3. The first-order chi connectivity index (χ1) is 14.3. The van der Waals surface area contributed by atoms with Crippen molar-refractivity contribution in [3.63, 3.8) is 0 Å². The van der Waals surface area contributed by atoms with E-state index >= 15 is 0 Å². The molecule has 0 saturated heterocycles. The zero-order valence-corrected chi connectivity index (χ0v) is 18.7. The van der Waals surface area contributed by atoms with Crippen LogP contribution in [0.3, 0.4) is 0 Å². The highest BCUT2D eigenvalue weighted by atomic mass is 35.5. The van der Waals surface area contributed by atoms with E-state index in [0.29, 0.717) is 48.0 Å². The summed E-state index contributed by atoms with van der Waals surface area (Å²) in [6, 6.07) is 9.25. The van der Waals surface area contributed by atoms with Crippen molar-refractivity contribution in [1.29, 1.82) is 0 Å². The number of nitrogens with one attached hydrogen (secondary N) is 1. The number of furan rings is 1. The number of rotatable bonds is 9. The molecular formula is C23H29ClN4O2. The SMILES string of the molecule is CC(C)CNC(=O)CCN(CC(C)C)c1nc(-c2ccco2)nc2cc(Cl)ccc12. The molecule has 0 radical (unpaired) electrons. The highest BCUT2D eigenvalue weighted by molar-refractivity contribution is 6.31. The van der Waals surface area contributed by atoms with Gasteiger partial charge in [0.15, 0.2) is 11.6 Å². The summed E-state index contributed by atoms with van der Waals surface area (Å²) in [5.41, 5.74) is 0.747. The predicted molar refractivity (Wildman–Crippen MR) is 122 cm³/mol. The molecule has 160 valence electrons. The van der Waals surface area contributed by atoms with E-state index in [9.17, 15) is 4.79 Å². The van der Waals surface area contributed by atoms with Crippen LogP contribution in [0.1, 0.15) is 34.1 Å². The molecule has 3 aromatic rings. The predicted octanol–water partition coefficient (Wildman–Crippen LogP) is 5.17. The molecule has 30 heavy (non-hydrogen) atoms. The first-order valence-corrected chi connectivity index (χ1v) is 10.7. The summed E-state index contributed by atoms with van der Waals surface area (Å²) in [6.45, 7) is 10.5. The summed E-state index contributed by atoms with van der Waals surface area (Å²) in [4.78, 5) is 24.0. The van der Waals surface area contributed by atoms with Crippen molar-refractivity contribution in [2.24, 2.45) is 11.8 Å². The molecule has 6 nitrogen and oxygen atoms in total. The standard InChI is InChI=1S/C23H29ClN4O2/c1-15(2)13-25-21(29)9-10-28(14-16(3)4)23-18-8-7-17(24)12-19(18)26-22(27-23)20-6-5-11-30-20/h5-8,11-12,15-16H,9-10,13-14H2,1-4H3,(H,25,29). The number of anilines is 1. The highest BCUT2D eigenvalue weighted by Crippen LogP contribution is 2.30. The molecule has 0 saturated carbocycles. The third kappa shape index (κ3) is 5.72. The van der Waals surface area contributed by atoms with Gasteiger partial charge < -0.3 is 14.6 Å². The quantitative estimate of drug-likeness (QED) is 0.509. The molecule has 3 rings (SSSR count). The van der Waals surface area contributed by atoms with Crippen LogP contribution in [0.4, 0.5) is 5.82 Å². The van der Waals surface area contributed by atoms with Gasteiger partial charge in [-0.1, -0.05) is 39.3 Å². The molecule has 0 aliphatic carbocycles. The van der Waals surface area contributed by atoms with Crippen LogP contribution in [0.2, 0.25) is 5.02 Å². The smallest absolute Gasteiger partial charge is 0.221 e. The van der Waals surface area contributed by atoms with Gasteiger partial charge in [0.25, 0.3) is 0 Å². The molecular weight excluding hydrogens is 400 g/mol. The van der Waals surface area contributed by atoms with Gasteiger partial charge in [0.1, 0.15) is 5.82 Å². The third-order valence-corrected chi connectivity index (χ3v) is 4.82. The number of fused-ring (bicyclic) bond motifs is 1.